The highest BCUT2D eigenvalue weighted by Crippen LogP contribution is 2.36. The molecule has 0 aromatic carbocycles. The maximum atomic E-state index is 6.05. The summed E-state index contributed by atoms with van der Waals surface area (Å²) in [6, 6.07) is 3.90. The van der Waals surface area contributed by atoms with Gasteiger partial charge < -0.3 is 19.4 Å². The van der Waals surface area contributed by atoms with Crippen LogP contribution in [0.5, 0.6) is 0 Å². The molecule has 1 aliphatic heterocycles. The molecule has 0 saturated carbocycles. The van der Waals surface area contributed by atoms with Crippen molar-refractivity contribution in [3.05, 3.63) is 24.5 Å². The molecule has 0 bridgehead atoms. The number of hydrogen-bond acceptors (Lipinski definition) is 4. The van der Waals surface area contributed by atoms with E-state index in [1.807, 2.05) is 50.4 Å². The van der Waals surface area contributed by atoms with Crippen LogP contribution in [-0.4, -0.2) is 27.7 Å². The first kappa shape index (κ1) is 12.5. The normalized spacial score (nSPS) is 21.2. The number of hydrogen-bond donors (Lipinski definition) is 1. The molecule has 2 aromatic heterocycles. The summed E-state index contributed by atoms with van der Waals surface area (Å²) in [5.41, 5.74) is 6.71. The van der Waals surface area contributed by atoms with Crippen LogP contribution in [0, 0.1) is 0 Å². The van der Waals surface area contributed by atoms with E-state index >= 15 is 0 Å². The van der Waals surface area contributed by atoms with Gasteiger partial charge in [-0.05, 0) is 33.8 Å². The Labute approximate surface area is 112 Å². The van der Waals surface area contributed by atoms with Crippen LogP contribution in [-0.2, 0) is 9.31 Å². The van der Waals surface area contributed by atoms with Gasteiger partial charge in [-0.15, -0.1) is 0 Å². The fraction of sp³-hybridized carbons (Fsp3) is 0.462. The first-order valence-electron chi connectivity index (χ1n) is 6.39. The van der Waals surface area contributed by atoms with Gasteiger partial charge >= 0.3 is 7.12 Å². The summed E-state index contributed by atoms with van der Waals surface area (Å²) in [4.78, 5) is 4.33. The van der Waals surface area contributed by atoms with Gasteiger partial charge in [-0.25, -0.2) is 4.98 Å². The smallest absolute Gasteiger partial charge is 0.399 e. The Balaban J connectivity index is 2.07. The van der Waals surface area contributed by atoms with Crippen LogP contribution in [0.1, 0.15) is 27.7 Å². The summed E-state index contributed by atoms with van der Waals surface area (Å²) in [7, 11) is -0.421. The molecular weight excluding hydrogens is 241 g/mol. The topological polar surface area (TPSA) is 61.8 Å². The minimum absolute atomic E-state index is 0.358. The molecule has 2 aromatic rings. The van der Waals surface area contributed by atoms with Crippen LogP contribution in [0.15, 0.2) is 24.5 Å². The highest BCUT2D eigenvalue weighted by molar-refractivity contribution is 6.64. The molecule has 1 saturated heterocycles. The Morgan fingerprint density at radius 2 is 1.84 bits per heavy atom. The lowest BCUT2D eigenvalue weighted by molar-refractivity contribution is 0.00578. The zero-order valence-corrected chi connectivity index (χ0v) is 11.7. The zero-order valence-electron chi connectivity index (χ0n) is 11.7. The minimum Gasteiger partial charge on any atom is -0.399 e. The molecular formula is C13H18BN3O2. The lowest BCUT2D eigenvalue weighted by atomic mass is 9.80. The highest BCUT2D eigenvalue weighted by Gasteiger charge is 2.52. The molecule has 3 heterocycles. The molecule has 2 N–H and O–H groups in total. The van der Waals surface area contributed by atoms with Crippen molar-refractivity contribution in [2.24, 2.45) is 0 Å². The van der Waals surface area contributed by atoms with Crippen molar-refractivity contribution in [3.63, 3.8) is 0 Å². The van der Waals surface area contributed by atoms with Crippen molar-refractivity contribution >= 4 is 24.0 Å². The maximum absolute atomic E-state index is 6.05. The van der Waals surface area contributed by atoms with E-state index in [0.717, 1.165) is 11.1 Å². The largest absolute Gasteiger partial charge is 0.498 e. The van der Waals surface area contributed by atoms with Crippen molar-refractivity contribution in [3.8, 4) is 0 Å². The van der Waals surface area contributed by atoms with Crippen molar-refractivity contribution in [1.82, 2.24) is 9.38 Å². The van der Waals surface area contributed by atoms with E-state index in [-0.39, 0.29) is 11.2 Å². The van der Waals surface area contributed by atoms with Gasteiger partial charge in [0.25, 0.3) is 0 Å². The first-order valence-corrected chi connectivity index (χ1v) is 6.39. The lowest BCUT2D eigenvalue weighted by Crippen LogP contribution is -2.41. The lowest BCUT2D eigenvalue weighted by Gasteiger charge is -2.32. The second kappa shape index (κ2) is 3.74. The van der Waals surface area contributed by atoms with Crippen molar-refractivity contribution in [2.75, 3.05) is 5.73 Å². The molecule has 0 atom stereocenters. The van der Waals surface area contributed by atoms with Gasteiger partial charge in [-0.1, -0.05) is 6.07 Å². The summed E-state index contributed by atoms with van der Waals surface area (Å²) >= 11 is 0. The average Bonchev–Trinajstić information content (AvgIpc) is 2.75. The fourth-order valence-corrected chi connectivity index (χ4v) is 2.21. The molecule has 1 fully saturated rings. The van der Waals surface area contributed by atoms with E-state index < -0.39 is 7.12 Å². The van der Waals surface area contributed by atoms with Crippen LogP contribution >= 0.6 is 0 Å². The van der Waals surface area contributed by atoms with Crippen LogP contribution < -0.4 is 11.2 Å². The Kier molecular flexibility index (Phi) is 2.46. The third-order valence-electron chi connectivity index (χ3n) is 4.04. The molecule has 0 aliphatic carbocycles. The SMILES string of the molecule is CC1(C)OB(c2cccn3cc(N)nc23)OC1(C)C. The van der Waals surface area contributed by atoms with Crippen LogP contribution in [0.4, 0.5) is 5.82 Å². The standard InChI is InChI=1S/C13H18BN3O2/c1-12(2)13(3,4)19-14(18-12)9-6-5-7-17-8-10(15)16-11(9)17/h5-8H,15H2,1-4H3. The number of imidazole rings is 1. The summed E-state index contributed by atoms with van der Waals surface area (Å²) in [5, 5.41) is 0. The molecule has 3 rings (SSSR count). The third kappa shape index (κ3) is 1.83. The summed E-state index contributed by atoms with van der Waals surface area (Å²) < 4.78 is 14.0. The number of nitrogens with zero attached hydrogens (tertiary/aromatic N) is 2. The first-order chi connectivity index (χ1) is 8.80. The number of nitrogens with two attached hydrogens (primary N) is 1. The Bertz CT molecular complexity index is 620. The second-order valence-corrected chi connectivity index (χ2v) is 5.95. The van der Waals surface area contributed by atoms with Crippen LogP contribution in [0.25, 0.3) is 5.65 Å². The van der Waals surface area contributed by atoms with Crippen molar-refractivity contribution in [1.29, 1.82) is 0 Å². The van der Waals surface area contributed by atoms with E-state index in [1.165, 1.54) is 0 Å². The molecule has 0 radical (unpaired) electrons. The Hall–Kier alpha value is -1.53. The summed E-state index contributed by atoms with van der Waals surface area (Å²) in [6.07, 6.45) is 3.69. The summed E-state index contributed by atoms with van der Waals surface area (Å²) in [5.74, 6) is 0.490. The third-order valence-corrected chi connectivity index (χ3v) is 4.04. The molecule has 5 nitrogen and oxygen atoms in total. The number of nitrogen functional groups attached to an aromatic ring is 1. The molecule has 19 heavy (non-hydrogen) atoms. The number of pyridine rings is 1. The Morgan fingerprint density at radius 3 is 2.47 bits per heavy atom. The van der Waals surface area contributed by atoms with Gasteiger partial charge in [0.05, 0.1) is 17.4 Å². The molecule has 100 valence electrons. The number of fused-ring (bicyclic) bond motifs is 1. The quantitative estimate of drug-likeness (QED) is 0.782. The average molecular weight is 259 g/mol. The van der Waals surface area contributed by atoms with E-state index in [1.54, 1.807) is 6.20 Å². The molecule has 0 amide bonds. The number of anilines is 1. The van der Waals surface area contributed by atoms with Gasteiger partial charge in [0.15, 0.2) is 0 Å². The fourth-order valence-electron chi connectivity index (χ4n) is 2.21. The van der Waals surface area contributed by atoms with Gasteiger partial charge in [0.2, 0.25) is 0 Å². The highest BCUT2D eigenvalue weighted by atomic mass is 16.7. The van der Waals surface area contributed by atoms with E-state index in [9.17, 15) is 0 Å². The monoisotopic (exact) mass is 259 g/mol. The molecule has 1 aliphatic rings. The maximum Gasteiger partial charge on any atom is 0.498 e. The summed E-state index contributed by atoms with van der Waals surface area (Å²) in [6.45, 7) is 8.14. The van der Waals surface area contributed by atoms with Crippen molar-refractivity contribution in [2.45, 2.75) is 38.9 Å². The Morgan fingerprint density at radius 1 is 1.21 bits per heavy atom. The van der Waals surface area contributed by atoms with Crippen LogP contribution in [0.3, 0.4) is 0 Å². The van der Waals surface area contributed by atoms with Gasteiger partial charge in [0.1, 0.15) is 11.5 Å². The predicted octanol–water partition coefficient (Wildman–Crippen LogP) is 1.22. The van der Waals surface area contributed by atoms with Crippen LogP contribution in [0.2, 0.25) is 0 Å². The van der Waals surface area contributed by atoms with Gasteiger partial charge in [-0.2, -0.15) is 0 Å². The van der Waals surface area contributed by atoms with Gasteiger partial charge in [0, 0.05) is 11.7 Å². The van der Waals surface area contributed by atoms with E-state index in [2.05, 4.69) is 4.98 Å². The van der Waals surface area contributed by atoms with Crippen molar-refractivity contribution < 1.29 is 9.31 Å². The molecule has 6 heteroatoms. The number of aromatic nitrogens is 2. The molecule has 0 spiro atoms. The zero-order chi connectivity index (χ0) is 13.8. The number of rotatable bonds is 1. The van der Waals surface area contributed by atoms with Gasteiger partial charge in [-0.3, -0.25) is 0 Å². The van der Waals surface area contributed by atoms with E-state index in [4.69, 9.17) is 15.0 Å². The van der Waals surface area contributed by atoms with E-state index in [0.29, 0.717) is 5.82 Å². The minimum atomic E-state index is -0.421. The predicted molar refractivity (Wildman–Crippen MR) is 75.3 cm³/mol. The molecule has 0 unspecified atom stereocenters. The second-order valence-electron chi connectivity index (χ2n) is 5.95.